The predicted molar refractivity (Wildman–Crippen MR) is 76.1 cm³/mol. The fraction of sp³-hybridized carbons (Fsp3) is 0.267. The van der Waals surface area contributed by atoms with Gasteiger partial charge in [0.05, 0.1) is 12.9 Å². The van der Waals surface area contributed by atoms with Crippen LogP contribution in [0.25, 0.3) is 0 Å². The molecule has 2 aromatic rings. The molecule has 108 valence electrons. The van der Waals surface area contributed by atoms with Gasteiger partial charge in [0, 0.05) is 24.9 Å². The molecule has 1 fully saturated rings. The fourth-order valence-electron chi connectivity index (χ4n) is 2.47. The van der Waals surface area contributed by atoms with E-state index in [1.807, 2.05) is 30.3 Å². The summed E-state index contributed by atoms with van der Waals surface area (Å²) in [5, 5.41) is 2.74. The second-order valence-electron chi connectivity index (χ2n) is 5.08. The summed E-state index contributed by atoms with van der Waals surface area (Å²) in [5.41, 5.74) is 1.84. The Balaban J connectivity index is 1.72. The lowest BCUT2D eigenvalue weighted by Crippen LogP contribution is -2.58. The van der Waals surface area contributed by atoms with Gasteiger partial charge in [-0.15, -0.1) is 0 Å². The first-order chi connectivity index (χ1) is 10.2. The van der Waals surface area contributed by atoms with Gasteiger partial charge in [0.25, 0.3) is 0 Å². The van der Waals surface area contributed by atoms with Crippen molar-refractivity contribution in [2.45, 2.75) is 19.0 Å². The first kappa shape index (κ1) is 13.4. The van der Waals surface area contributed by atoms with Crippen molar-refractivity contribution >= 4 is 11.8 Å². The number of nitrogens with zero attached hydrogens (tertiary/aromatic N) is 2. The predicted octanol–water partition coefficient (Wildman–Crippen LogP) is 0.479. The van der Waals surface area contributed by atoms with Crippen LogP contribution in [0, 0.1) is 0 Å². The van der Waals surface area contributed by atoms with E-state index in [0.29, 0.717) is 13.0 Å². The highest BCUT2D eigenvalue weighted by atomic mass is 16.2. The number of hydrogen-bond donors (Lipinski definition) is 2. The average Bonchev–Trinajstić information content (AvgIpc) is 2.98. The topological polar surface area (TPSA) is 78.1 Å². The van der Waals surface area contributed by atoms with Gasteiger partial charge in [-0.2, -0.15) is 0 Å². The number of carbonyl (C=O) groups excluding carboxylic acids is 2. The highest BCUT2D eigenvalue weighted by Crippen LogP contribution is 2.11. The minimum Gasteiger partial charge on any atom is -0.348 e. The molecule has 1 aromatic carbocycles. The Bertz CT molecular complexity index is 624. The molecule has 1 unspecified atom stereocenters. The number of piperazine rings is 1. The molecule has 3 rings (SSSR count). The van der Waals surface area contributed by atoms with Crippen molar-refractivity contribution in [3.05, 3.63) is 54.1 Å². The average molecular weight is 284 g/mol. The van der Waals surface area contributed by atoms with Crippen molar-refractivity contribution in [2.75, 3.05) is 6.54 Å². The molecule has 2 heterocycles. The van der Waals surface area contributed by atoms with Gasteiger partial charge in [-0.3, -0.25) is 9.59 Å². The molecule has 1 atom stereocenters. The molecule has 2 N–H and O–H groups in total. The first-order valence-electron chi connectivity index (χ1n) is 6.82. The monoisotopic (exact) mass is 284 g/mol. The molecule has 1 aliphatic rings. The Morgan fingerprint density at radius 3 is 2.76 bits per heavy atom. The lowest BCUT2D eigenvalue weighted by molar-refractivity contribution is -0.144. The Labute approximate surface area is 122 Å². The van der Waals surface area contributed by atoms with Crippen LogP contribution in [-0.2, 0) is 22.6 Å². The third-order valence-electron chi connectivity index (χ3n) is 3.47. The molecule has 1 aromatic heterocycles. The Kier molecular flexibility index (Phi) is 3.68. The van der Waals surface area contributed by atoms with Crippen LogP contribution in [0.2, 0.25) is 0 Å². The second-order valence-corrected chi connectivity index (χ2v) is 5.08. The van der Waals surface area contributed by atoms with Crippen molar-refractivity contribution in [3.63, 3.8) is 0 Å². The quantitative estimate of drug-likeness (QED) is 0.857. The number of imidazole rings is 1. The van der Waals surface area contributed by atoms with Gasteiger partial charge in [-0.05, 0) is 5.56 Å². The van der Waals surface area contributed by atoms with E-state index < -0.39 is 6.04 Å². The summed E-state index contributed by atoms with van der Waals surface area (Å²) < 4.78 is 0. The van der Waals surface area contributed by atoms with Crippen molar-refractivity contribution in [2.24, 2.45) is 0 Å². The number of nitrogens with one attached hydrogen (secondary N) is 2. The third-order valence-corrected chi connectivity index (χ3v) is 3.47. The van der Waals surface area contributed by atoms with Crippen LogP contribution in [0.5, 0.6) is 0 Å². The highest BCUT2D eigenvalue weighted by Gasteiger charge is 2.32. The molecule has 6 heteroatoms. The van der Waals surface area contributed by atoms with Gasteiger partial charge in [0.1, 0.15) is 6.04 Å². The normalized spacial score (nSPS) is 18.7. The lowest BCUT2D eigenvalue weighted by atomic mass is 10.1. The van der Waals surface area contributed by atoms with Crippen LogP contribution in [0.15, 0.2) is 42.9 Å². The van der Waals surface area contributed by atoms with Gasteiger partial charge in [0.2, 0.25) is 11.8 Å². The Morgan fingerprint density at radius 1 is 1.24 bits per heavy atom. The van der Waals surface area contributed by atoms with Crippen molar-refractivity contribution in [3.8, 4) is 0 Å². The van der Waals surface area contributed by atoms with Gasteiger partial charge in [0.15, 0.2) is 0 Å². The van der Waals surface area contributed by atoms with E-state index in [9.17, 15) is 9.59 Å². The number of aromatic amines is 1. The van der Waals surface area contributed by atoms with Crippen molar-refractivity contribution < 1.29 is 9.59 Å². The van der Waals surface area contributed by atoms with Crippen LogP contribution >= 0.6 is 0 Å². The molecule has 1 saturated heterocycles. The highest BCUT2D eigenvalue weighted by molar-refractivity contribution is 5.94. The minimum absolute atomic E-state index is 0.0620. The van der Waals surface area contributed by atoms with Gasteiger partial charge in [-0.25, -0.2) is 4.98 Å². The summed E-state index contributed by atoms with van der Waals surface area (Å²) in [6.45, 7) is 0.555. The van der Waals surface area contributed by atoms with Crippen LogP contribution in [0.1, 0.15) is 11.3 Å². The molecule has 0 aliphatic carbocycles. The molecule has 6 nitrogen and oxygen atoms in total. The van der Waals surface area contributed by atoms with Crippen LogP contribution < -0.4 is 5.32 Å². The first-order valence-corrected chi connectivity index (χ1v) is 6.82. The van der Waals surface area contributed by atoms with E-state index in [1.54, 1.807) is 17.4 Å². The van der Waals surface area contributed by atoms with Gasteiger partial charge in [-0.1, -0.05) is 30.3 Å². The SMILES string of the molecule is O=C1CN(Cc2ccccc2)C(=O)C(Cc2cnc[nH]2)N1. The Morgan fingerprint density at radius 2 is 2.05 bits per heavy atom. The zero-order valence-corrected chi connectivity index (χ0v) is 11.5. The molecule has 0 saturated carbocycles. The standard InChI is InChI=1S/C15H16N4O2/c20-14-9-19(8-11-4-2-1-3-5-11)15(21)13(18-14)6-12-7-16-10-17-12/h1-5,7,10,13H,6,8-9H2,(H,16,17)(H,18,20). The zero-order valence-electron chi connectivity index (χ0n) is 11.5. The maximum Gasteiger partial charge on any atom is 0.246 e. The zero-order chi connectivity index (χ0) is 14.7. The molecule has 0 bridgehead atoms. The number of carbonyl (C=O) groups is 2. The van der Waals surface area contributed by atoms with Crippen LogP contribution in [0.3, 0.4) is 0 Å². The number of aromatic nitrogens is 2. The molecular weight excluding hydrogens is 268 g/mol. The van der Waals surface area contributed by atoms with Gasteiger partial charge >= 0.3 is 0 Å². The molecule has 2 amide bonds. The molecule has 0 spiro atoms. The largest absolute Gasteiger partial charge is 0.348 e. The maximum absolute atomic E-state index is 12.5. The van der Waals surface area contributed by atoms with E-state index in [0.717, 1.165) is 11.3 Å². The molecule has 0 radical (unpaired) electrons. The minimum atomic E-state index is -0.532. The maximum atomic E-state index is 12.5. The van der Waals surface area contributed by atoms with Crippen LogP contribution in [0.4, 0.5) is 0 Å². The van der Waals surface area contributed by atoms with Gasteiger partial charge < -0.3 is 15.2 Å². The van der Waals surface area contributed by atoms with Crippen molar-refractivity contribution in [1.82, 2.24) is 20.2 Å². The smallest absolute Gasteiger partial charge is 0.246 e. The summed E-state index contributed by atoms with van der Waals surface area (Å²) in [5.74, 6) is -0.192. The summed E-state index contributed by atoms with van der Waals surface area (Å²) in [6, 6.07) is 9.14. The molecular formula is C15H16N4O2. The van der Waals surface area contributed by atoms with Crippen molar-refractivity contribution in [1.29, 1.82) is 0 Å². The number of benzene rings is 1. The molecule has 21 heavy (non-hydrogen) atoms. The van der Waals surface area contributed by atoms with E-state index in [2.05, 4.69) is 15.3 Å². The summed E-state index contributed by atoms with van der Waals surface area (Å²) in [6.07, 6.45) is 3.65. The Hall–Kier alpha value is -2.63. The fourth-order valence-corrected chi connectivity index (χ4v) is 2.47. The van der Waals surface area contributed by atoms with Crippen LogP contribution in [-0.4, -0.2) is 39.3 Å². The van der Waals surface area contributed by atoms with E-state index in [1.165, 1.54) is 0 Å². The van der Waals surface area contributed by atoms with E-state index in [4.69, 9.17) is 0 Å². The number of H-pyrrole nitrogens is 1. The summed E-state index contributed by atoms with van der Waals surface area (Å²) in [4.78, 5) is 32.8. The third kappa shape index (κ3) is 3.10. The number of hydrogen-bond acceptors (Lipinski definition) is 3. The number of amides is 2. The lowest BCUT2D eigenvalue weighted by Gasteiger charge is -2.32. The van der Waals surface area contributed by atoms with E-state index in [-0.39, 0.29) is 18.4 Å². The van der Waals surface area contributed by atoms with E-state index >= 15 is 0 Å². The number of rotatable bonds is 4. The second kappa shape index (κ2) is 5.78. The summed E-state index contributed by atoms with van der Waals surface area (Å²) >= 11 is 0. The summed E-state index contributed by atoms with van der Waals surface area (Å²) in [7, 11) is 0. The molecule has 1 aliphatic heterocycles.